The van der Waals surface area contributed by atoms with Crippen LogP contribution < -0.4 is 0 Å². The smallest absolute Gasteiger partial charge is 0.0196 e. The van der Waals surface area contributed by atoms with Crippen LogP contribution in [0.25, 0.3) is 5.57 Å². The Balaban J connectivity index is 2.06. The van der Waals surface area contributed by atoms with E-state index in [4.69, 9.17) is 13.2 Å². The van der Waals surface area contributed by atoms with Gasteiger partial charge in [-0.2, -0.15) is 0 Å². The third kappa shape index (κ3) is 3.26. The lowest BCUT2D eigenvalue weighted by Gasteiger charge is -2.67. The first kappa shape index (κ1) is 27.9. The van der Waals surface area contributed by atoms with Gasteiger partial charge < -0.3 is 0 Å². The molecule has 1 aromatic rings. The second-order valence-corrected chi connectivity index (χ2v) is 14.2. The molecule has 3 aliphatic rings. The van der Waals surface area contributed by atoms with Crippen molar-refractivity contribution in [2.24, 2.45) is 22.2 Å². The van der Waals surface area contributed by atoms with Crippen molar-refractivity contribution in [2.45, 2.75) is 114 Å². The number of rotatable bonds is 4. The molecule has 3 aliphatic carbocycles. The minimum atomic E-state index is -0.137. The fraction of sp³-hybridized carbons (Fsp3) is 0.568. The number of hydrogen-bond acceptors (Lipinski definition) is 0. The van der Waals surface area contributed by atoms with Crippen LogP contribution in [0.3, 0.4) is 0 Å². The van der Waals surface area contributed by atoms with Crippen molar-refractivity contribution in [1.82, 2.24) is 0 Å². The predicted octanol–water partition coefficient (Wildman–Crippen LogP) is 11.0. The lowest BCUT2D eigenvalue weighted by Crippen LogP contribution is -2.58. The van der Waals surface area contributed by atoms with Crippen LogP contribution in [0.4, 0.5) is 0 Å². The van der Waals surface area contributed by atoms with E-state index in [1.54, 1.807) is 0 Å². The van der Waals surface area contributed by atoms with Gasteiger partial charge in [0.1, 0.15) is 0 Å². The van der Waals surface area contributed by atoms with Gasteiger partial charge in [-0.1, -0.05) is 110 Å². The van der Waals surface area contributed by atoms with Gasteiger partial charge in [0.05, 0.1) is 0 Å². The molecular weight excluding hydrogens is 444 g/mol. The topological polar surface area (TPSA) is 0 Å². The van der Waals surface area contributed by atoms with Crippen molar-refractivity contribution in [3.63, 3.8) is 0 Å². The van der Waals surface area contributed by atoms with Gasteiger partial charge in [-0.15, -0.1) is 0 Å². The summed E-state index contributed by atoms with van der Waals surface area (Å²) in [4.78, 5) is 0. The third-order valence-corrected chi connectivity index (χ3v) is 12.1. The second-order valence-electron chi connectivity index (χ2n) is 14.2. The second kappa shape index (κ2) is 8.46. The molecule has 0 saturated carbocycles. The largest absolute Gasteiger partial charge is 0.0955 e. The van der Waals surface area contributed by atoms with Gasteiger partial charge in [0, 0.05) is 10.8 Å². The van der Waals surface area contributed by atoms with Crippen LogP contribution >= 0.6 is 0 Å². The average molecular weight is 497 g/mol. The SMILES string of the molecule is C=C(C)C1=C(C)C[C@@]2(C)[C@H](C)[C@]3(C)C(=C(C)[C@@]2(C)C1=C)C(=C)c1c(ccc(C(C)(C)CCC)c1C)[C@H]3C. The zero-order chi connectivity index (χ0) is 28.0. The van der Waals surface area contributed by atoms with E-state index < -0.39 is 0 Å². The van der Waals surface area contributed by atoms with Crippen LogP contribution in [0.5, 0.6) is 0 Å². The molecule has 0 aliphatic heterocycles. The molecule has 37 heavy (non-hydrogen) atoms. The maximum atomic E-state index is 4.90. The number of hydrogen-bond donors (Lipinski definition) is 0. The Kier molecular flexibility index (Phi) is 6.39. The quantitative estimate of drug-likeness (QED) is 0.389. The first-order valence-corrected chi connectivity index (χ1v) is 14.5. The van der Waals surface area contributed by atoms with E-state index in [1.165, 1.54) is 68.5 Å². The minimum Gasteiger partial charge on any atom is -0.0955 e. The number of fused-ring (bicyclic) bond motifs is 3. The van der Waals surface area contributed by atoms with Crippen molar-refractivity contribution in [3.05, 3.63) is 87.6 Å². The highest BCUT2D eigenvalue weighted by Crippen LogP contribution is 2.74. The van der Waals surface area contributed by atoms with E-state index in [2.05, 4.69) is 102 Å². The van der Waals surface area contributed by atoms with E-state index >= 15 is 0 Å². The summed E-state index contributed by atoms with van der Waals surface area (Å²) in [6.07, 6.45) is 3.47. The van der Waals surface area contributed by atoms with Crippen molar-refractivity contribution >= 4 is 5.57 Å². The molecule has 0 amide bonds. The van der Waals surface area contributed by atoms with E-state index in [9.17, 15) is 0 Å². The highest BCUT2D eigenvalue weighted by molar-refractivity contribution is 5.88. The number of allylic oxidation sites excluding steroid dienone is 7. The van der Waals surface area contributed by atoms with Crippen molar-refractivity contribution < 1.29 is 0 Å². The zero-order valence-corrected chi connectivity index (χ0v) is 26.1. The maximum absolute atomic E-state index is 4.90. The van der Waals surface area contributed by atoms with Crippen LogP contribution in [0.1, 0.15) is 124 Å². The molecule has 0 fully saturated rings. The molecule has 0 heteroatoms. The highest BCUT2D eigenvalue weighted by atomic mass is 14.7. The first-order chi connectivity index (χ1) is 16.9. The van der Waals surface area contributed by atoms with Crippen molar-refractivity contribution in [2.75, 3.05) is 0 Å². The lowest BCUT2D eigenvalue weighted by molar-refractivity contribution is -0.0261. The summed E-state index contributed by atoms with van der Waals surface area (Å²) in [5.74, 6) is 0.870. The summed E-state index contributed by atoms with van der Waals surface area (Å²) < 4.78 is 0. The van der Waals surface area contributed by atoms with Crippen LogP contribution in [-0.4, -0.2) is 0 Å². The first-order valence-electron chi connectivity index (χ1n) is 14.5. The van der Waals surface area contributed by atoms with Gasteiger partial charge in [0.15, 0.2) is 0 Å². The van der Waals surface area contributed by atoms with E-state index in [1.807, 2.05) is 0 Å². The van der Waals surface area contributed by atoms with Gasteiger partial charge in [0.2, 0.25) is 0 Å². The van der Waals surface area contributed by atoms with Gasteiger partial charge in [0.25, 0.3) is 0 Å². The van der Waals surface area contributed by atoms with Crippen LogP contribution in [0.2, 0.25) is 0 Å². The zero-order valence-electron chi connectivity index (χ0n) is 26.1. The summed E-state index contributed by atoms with van der Waals surface area (Å²) in [5, 5.41) is 0. The summed E-state index contributed by atoms with van der Waals surface area (Å²) in [5.41, 5.74) is 15.3. The van der Waals surface area contributed by atoms with Crippen LogP contribution in [-0.2, 0) is 5.41 Å². The summed E-state index contributed by atoms with van der Waals surface area (Å²) in [6.45, 7) is 43.0. The molecular formula is C37H52. The molecule has 1 aromatic carbocycles. The Morgan fingerprint density at radius 3 is 2.19 bits per heavy atom. The fourth-order valence-corrected chi connectivity index (χ4v) is 9.64. The fourth-order valence-electron chi connectivity index (χ4n) is 9.64. The molecule has 200 valence electrons. The van der Waals surface area contributed by atoms with Crippen LogP contribution in [0.15, 0.2) is 65.3 Å². The molecule has 0 saturated heterocycles. The summed E-state index contributed by atoms with van der Waals surface area (Å²) in [7, 11) is 0. The Morgan fingerprint density at radius 2 is 1.65 bits per heavy atom. The molecule has 0 radical (unpaired) electrons. The molecule has 0 heterocycles. The minimum absolute atomic E-state index is 0.0105. The number of benzene rings is 1. The van der Waals surface area contributed by atoms with Crippen molar-refractivity contribution in [1.29, 1.82) is 0 Å². The van der Waals surface area contributed by atoms with E-state index in [0.717, 1.165) is 12.0 Å². The van der Waals surface area contributed by atoms with E-state index in [-0.39, 0.29) is 21.7 Å². The molecule has 0 N–H and O–H groups in total. The molecule has 0 bridgehead atoms. The van der Waals surface area contributed by atoms with Gasteiger partial charge in [-0.05, 0) is 108 Å². The Morgan fingerprint density at radius 1 is 1.05 bits per heavy atom. The third-order valence-electron chi connectivity index (χ3n) is 12.1. The Hall–Kier alpha value is -2.08. The van der Waals surface area contributed by atoms with E-state index in [0.29, 0.717) is 11.8 Å². The normalized spacial score (nSPS) is 33.8. The van der Waals surface area contributed by atoms with Crippen molar-refractivity contribution in [3.8, 4) is 0 Å². The molecule has 4 rings (SSSR count). The summed E-state index contributed by atoms with van der Waals surface area (Å²) >= 11 is 0. The molecule has 5 atom stereocenters. The maximum Gasteiger partial charge on any atom is 0.0196 e. The van der Waals surface area contributed by atoms with Crippen LogP contribution in [0, 0.1) is 29.1 Å². The van der Waals surface area contributed by atoms with Gasteiger partial charge >= 0.3 is 0 Å². The standard InChI is InChI=1S/C37H52/c1-16-19-34(11,12)30-18-17-29-25(7)36(14)28(10)35(13)20-22(4)31(21(2)3)26(8)37(35,15)27(9)33(36)24(6)32(29)23(30)5/h17-18,25,28H,2,6,8,16,19-20H2,1,3-5,7,9-15H3/t25-,28+,35+,36-,37-/m1/s1. The van der Waals surface area contributed by atoms with Gasteiger partial charge in [-0.3, -0.25) is 0 Å². The highest BCUT2D eigenvalue weighted by Gasteiger charge is 2.65. The molecule has 0 unspecified atom stereocenters. The van der Waals surface area contributed by atoms with Gasteiger partial charge in [-0.25, -0.2) is 0 Å². The molecule has 0 aromatic heterocycles. The Labute approximate surface area is 228 Å². The molecule has 0 spiro atoms. The molecule has 0 nitrogen and oxygen atoms in total. The summed E-state index contributed by atoms with van der Waals surface area (Å²) in [6, 6.07) is 4.89. The predicted molar refractivity (Wildman–Crippen MR) is 164 cm³/mol. The lowest BCUT2D eigenvalue weighted by atomic mass is 9.36. The Bertz CT molecular complexity index is 1290. The average Bonchev–Trinajstić information content (AvgIpc) is 2.79. The monoisotopic (exact) mass is 496 g/mol.